The fourth-order valence-electron chi connectivity index (χ4n) is 2.60. The van der Waals surface area contributed by atoms with Crippen molar-refractivity contribution in [2.24, 2.45) is 11.3 Å². The first-order valence-corrected chi connectivity index (χ1v) is 6.93. The Balaban J connectivity index is 1.53. The molecule has 2 saturated carbocycles. The van der Waals surface area contributed by atoms with Crippen LogP contribution in [0.2, 0.25) is 0 Å². The quantitative estimate of drug-likeness (QED) is 0.835. The van der Waals surface area contributed by atoms with Crippen LogP contribution in [0.25, 0.3) is 0 Å². The number of aliphatic carboxylic acids is 1. The van der Waals surface area contributed by atoms with E-state index in [1.54, 1.807) is 0 Å². The van der Waals surface area contributed by atoms with Crippen LogP contribution < -0.4 is 10.1 Å². The van der Waals surface area contributed by atoms with Gasteiger partial charge in [0.25, 0.3) is 0 Å². The summed E-state index contributed by atoms with van der Waals surface area (Å²) >= 11 is 0. The Morgan fingerprint density at radius 2 is 2.05 bits per heavy atom. The van der Waals surface area contributed by atoms with Crippen molar-refractivity contribution >= 4 is 11.9 Å². The normalized spacial score (nSPS) is 22.4. The summed E-state index contributed by atoms with van der Waals surface area (Å²) in [6.45, 7) is -0.0991. The summed E-state index contributed by atoms with van der Waals surface area (Å²) in [5, 5.41) is 11.8. The number of amides is 1. The van der Waals surface area contributed by atoms with Crippen LogP contribution >= 0.6 is 0 Å². The molecule has 2 N–H and O–H groups in total. The number of carbonyl (C=O) groups is 2. The summed E-state index contributed by atoms with van der Waals surface area (Å²) in [5.74, 6) is -1.40. The number of halogens is 1. The molecule has 1 spiro atoms. The Kier molecular flexibility index (Phi) is 3.31. The lowest BCUT2D eigenvalue weighted by Crippen LogP contribution is -2.41. The van der Waals surface area contributed by atoms with E-state index in [1.165, 1.54) is 24.3 Å². The van der Waals surface area contributed by atoms with E-state index in [2.05, 4.69) is 5.32 Å². The lowest BCUT2D eigenvalue weighted by molar-refractivity contribution is -0.145. The Bertz CT molecular complexity index is 568. The molecular formula is C15H16FNO4. The fraction of sp³-hybridized carbons (Fsp3) is 0.467. The van der Waals surface area contributed by atoms with Crippen LogP contribution in [0.5, 0.6) is 5.75 Å². The highest BCUT2D eigenvalue weighted by atomic mass is 19.1. The molecule has 0 radical (unpaired) electrons. The molecule has 0 bridgehead atoms. The second-order valence-electron chi connectivity index (χ2n) is 5.76. The van der Waals surface area contributed by atoms with E-state index in [0.717, 1.165) is 19.3 Å². The number of benzene rings is 1. The largest absolute Gasteiger partial charge is 0.478 e. The smallest absolute Gasteiger partial charge is 0.346 e. The number of ether oxygens (including phenoxy) is 1. The van der Waals surface area contributed by atoms with E-state index in [0.29, 0.717) is 0 Å². The fourth-order valence-corrected chi connectivity index (χ4v) is 2.60. The molecular weight excluding hydrogens is 277 g/mol. The summed E-state index contributed by atoms with van der Waals surface area (Å²) in [5.41, 5.74) is 0.237. The molecule has 0 heterocycles. The van der Waals surface area contributed by atoms with Gasteiger partial charge >= 0.3 is 5.97 Å². The number of nitrogens with one attached hydrogen (secondary N) is 1. The maximum atomic E-state index is 12.8. The van der Waals surface area contributed by atoms with Crippen LogP contribution in [0.4, 0.5) is 4.39 Å². The van der Waals surface area contributed by atoms with Crippen molar-refractivity contribution in [1.82, 2.24) is 5.32 Å². The molecule has 0 aliphatic heterocycles. The van der Waals surface area contributed by atoms with Crippen LogP contribution in [0.1, 0.15) is 19.3 Å². The average molecular weight is 293 g/mol. The van der Waals surface area contributed by atoms with Crippen molar-refractivity contribution in [3.05, 3.63) is 30.1 Å². The van der Waals surface area contributed by atoms with Crippen molar-refractivity contribution in [3.63, 3.8) is 0 Å². The second-order valence-corrected chi connectivity index (χ2v) is 5.76. The first-order chi connectivity index (χ1) is 10.00. The SMILES string of the molecule is O=C(O)C(CNC(=O)C1CC12CC2)Oc1ccc(F)cc1. The average Bonchev–Trinajstić information content (AvgIpc) is 3.36. The molecule has 21 heavy (non-hydrogen) atoms. The van der Waals surface area contributed by atoms with Gasteiger partial charge in [-0.05, 0) is 48.9 Å². The third-order valence-electron chi connectivity index (χ3n) is 4.23. The van der Waals surface area contributed by atoms with Gasteiger partial charge in [0.1, 0.15) is 11.6 Å². The maximum absolute atomic E-state index is 12.8. The molecule has 2 fully saturated rings. The molecule has 5 nitrogen and oxygen atoms in total. The highest BCUT2D eigenvalue weighted by Gasteiger charge is 2.65. The second kappa shape index (κ2) is 5.02. The van der Waals surface area contributed by atoms with Gasteiger partial charge in [-0.15, -0.1) is 0 Å². The van der Waals surface area contributed by atoms with Crippen LogP contribution in [-0.2, 0) is 9.59 Å². The highest BCUT2D eigenvalue weighted by Crippen LogP contribution is 2.70. The van der Waals surface area contributed by atoms with Gasteiger partial charge in [-0.3, -0.25) is 4.79 Å². The number of rotatable bonds is 6. The van der Waals surface area contributed by atoms with E-state index in [-0.39, 0.29) is 29.5 Å². The first kappa shape index (κ1) is 13.9. The minimum Gasteiger partial charge on any atom is -0.478 e. The zero-order chi connectivity index (χ0) is 15.0. The van der Waals surface area contributed by atoms with Gasteiger partial charge in [0.15, 0.2) is 0 Å². The summed E-state index contributed by atoms with van der Waals surface area (Å²) in [7, 11) is 0. The van der Waals surface area contributed by atoms with Crippen LogP contribution in [0, 0.1) is 17.2 Å². The predicted octanol–water partition coefficient (Wildman–Crippen LogP) is 1.57. The first-order valence-electron chi connectivity index (χ1n) is 6.93. The zero-order valence-electron chi connectivity index (χ0n) is 11.3. The Morgan fingerprint density at radius 3 is 2.57 bits per heavy atom. The molecule has 2 aliphatic rings. The Hall–Kier alpha value is -2.11. The molecule has 1 aromatic rings. The third-order valence-corrected chi connectivity index (χ3v) is 4.23. The topological polar surface area (TPSA) is 75.6 Å². The Labute approximate surface area is 121 Å². The highest BCUT2D eigenvalue weighted by molar-refractivity contribution is 5.84. The van der Waals surface area contributed by atoms with E-state index >= 15 is 0 Å². The van der Waals surface area contributed by atoms with E-state index in [1.807, 2.05) is 0 Å². The van der Waals surface area contributed by atoms with E-state index in [9.17, 15) is 14.0 Å². The minimum absolute atomic E-state index is 0.0396. The standard InChI is InChI=1S/C15H16FNO4/c16-9-1-3-10(4-2-9)21-12(14(19)20)8-17-13(18)11-7-15(11)5-6-15/h1-4,11-12H,5-8H2,(H,17,18)(H,19,20). The van der Waals surface area contributed by atoms with Crippen molar-refractivity contribution in [2.75, 3.05) is 6.54 Å². The Morgan fingerprint density at radius 1 is 1.38 bits per heavy atom. The van der Waals surface area contributed by atoms with E-state index < -0.39 is 17.9 Å². The van der Waals surface area contributed by atoms with Crippen molar-refractivity contribution in [2.45, 2.75) is 25.4 Å². The van der Waals surface area contributed by atoms with Gasteiger partial charge in [-0.25, -0.2) is 9.18 Å². The zero-order valence-corrected chi connectivity index (χ0v) is 11.3. The number of carbonyl (C=O) groups excluding carboxylic acids is 1. The molecule has 2 aliphatic carbocycles. The predicted molar refractivity (Wildman–Crippen MR) is 71.2 cm³/mol. The monoisotopic (exact) mass is 293 g/mol. The van der Waals surface area contributed by atoms with Crippen LogP contribution in [-0.4, -0.2) is 29.6 Å². The van der Waals surface area contributed by atoms with Crippen molar-refractivity contribution < 1.29 is 23.8 Å². The lowest BCUT2D eigenvalue weighted by Gasteiger charge is -2.16. The molecule has 0 aromatic heterocycles. The summed E-state index contributed by atoms with van der Waals surface area (Å²) < 4.78 is 18.1. The maximum Gasteiger partial charge on any atom is 0.346 e. The van der Waals surface area contributed by atoms with Crippen molar-refractivity contribution in [3.8, 4) is 5.75 Å². The summed E-state index contributed by atoms with van der Waals surface area (Å²) in [4.78, 5) is 23.0. The molecule has 3 rings (SSSR count). The van der Waals surface area contributed by atoms with E-state index in [4.69, 9.17) is 9.84 Å². The van der Waals surface area contributed by atoms with Gasteiger partial charge in [0, 0.05) is 5.92 Å². The third kappa shape index (κ3) is 2.99. The molecule has 112 valence electrons. The van der Waals surface area contributed by atoms with Crippen LogP contribution in [0.15, 0.2) is 24.3 Å². The van der Waals surface area contributed by atoms with Gasteiger partial charge in [-0.2, -0.15) is 0 Å². The molecule has 2 atom stereocenters. The lowest BCUT2D eigenvalue weighted by atomic mass is 10.2. The number of hydrogen-bond acceptors (Lipinski definition) is 3. The molecule has 0 saturated heterocycles. The van der Waals surface area contributed by atoms with Gasteiger partial charge < -0.3 is 15.2 Å². The van der Waals surface area contributed by atoms with Gasteiger partial charge in [-0.1, -0.05) is 0 Å². The number of carboxylic acid groups (broad SMARTS) is 1. The van der Waals surface area contributed by atoms with Gasteiger partial charge in [0.05, 0.1) is 6.54 Å². The molecule has 2 unspecified atom stereocenters. The minimum atomic E-state index is -1.19. The summed E-state index contributed by atoms with van der Waals surface area (Å²) in [6, 6.07) is 5.09. The molecule has 6 heteroatoms. The number of hydrogen-bond donors (Lipinski definition) is 2. The molecule has 1 aromatic carbocycles. The van der Waals surface area contributed by atoms with Crippen molar-refractivity contribution in [1.29, 1.82) is 0 Å². The summed E-state index contributed by atoms with van der Waals surface area (Å²) in [6.07, 6.45) is 1.92. The van der Waals surface area contributed by atoms with Gasteiger partial charge in [0.2, 0.25) is 12.0 Å². The van der Waals surface area contributed by atoms with Crippen LogP contribution in [0.3, 0.4) is 0 Å². The molecule has 1 amide bonds. The number of carboxylic acids is 1.